The van der Waals surface area contributed by atoms with Crippen molar-refractivity contribution in [2.75, 3.05) is 5.32 Å². The van der Waals surface area contributed by atoms with Gasteiger partial charge in [0.15, 0.2) is 0 Å². The first-order chi connectivity index (χ1) is 15.2. The molecule has 162 valence electrons. The van der Waals surface area contributed by atoms with Crippen LogP contribution in [0.25, 0.3) is 6.08 Å². The summed E-state index contributed by atoms with van der Waals surface area (Å²) in [5.74, 6) is 0.0546. The Morgan fingerprint density at radius 3 is 2.47 bits per heavy atom. The van der Waals surface area contributed by atoms with Gasteiger partial charge < -0.3 is 10.1 Å². The summed E-state index contributed by atoms with van der Waals surface area (Å²) in [5.41, 5.74) is 5.38. The van der Waals surface area contributed by atoms with Crippen molar-refractivity contribution >= 4 is 45.2 Å². The molecule has 0 spiro atoms. The van der Waals surface area contributed by atoms with Gasteiger partial charge in [0.1, 0.15) is 24.0 Å². The van der Waals surface area contributed by atoms with Crippen molar-refractivity contribution in [2.45, 2.75) is 27.4 Å². The summed E-state index contributed by atoms with van der Waals surface area (Å²) >= 11 is 9.58. The minimum Gasteiger partial charge on any atom is -0.488 e. The molecule has 0 unspecified atom stereocenters. The van der Waals surface area contributed by atoms with Gasteiger partial charge in [-0.25, -0.2) is 0 Å². The van der Waals surface area contributed by atoms with E-state index >= 15 is 0 Å². The Morgan fingerprint density at radius 2 is 1.81 bits per heavy atom. The van der Waals surface area contributed by atoms with Crippen LogP contribution in [0.5, 0.6) is 5.75 Å². The quantitative estimate of drug-likeness (QED) is 0.283. The molecule has 0 radical (unpaired) electrons. The molecule has 1 amide bonds. The molecule has 0 aliphatic heterocycles. The van der Waals surface area contributed by atoms with Crippen molar-refractivity contribution < 1.29 is 9.53 Å². The first-order valence-corrected chi connectivity index (χ1v) is 11.1. The van der Waals surface area contributed by atoms with E-state index in [0.29, 0.717) is 28.6 Å². The van der Waals surface area contributed by atoms with Gasteiger partial charge in [-0.1, -0.05) is 62.9 Å². The summed E-state index contributed by atoms with van der Waals surface area (Å²) in [6.45, 7) is 6.34. The Morgan fingerprint density at radius 1 is 1.09 bits per heavy atom. The third-order valence-electron chi connectivity index (χ3n) is 4.74. The van der Waals surface area contributed by atoms with Crippen molar-refractivity contribution in [3.8, 4) is 11.8 Å². The molecule has 0 atom stereocenters. The number of benzene rings is 3. The number of aryl methyl sites for hydroxylation is 3. The highest BCUT2D eigenvalue weighted by molar-refractivity contribution is 9.10. The average molecular weight is 510 g/mol. The fourth-order valence-electron chi connectivity index (χ4n) is 3.25. The van der Waals surface area contributed by atoms with E-state index in [4.69, 9.17) is 16.3 Å². The molecule has 0 fully saturated rings. The number of nitrogens with one attached hydrogen (secondary N) is 1. The lowest BCUT2D eigenvalue weighted by molar-refractivity contribution is -0.112. The molecule has 0 aliphatic carbocycles. The molecule has 3 aromatic carbocycles. The number of carbonyl (C=O) groups excluding carboxylic acids is 1. The van der Waals surface area contributed by atoms with Gasteiger partial charge >= 0.3 is 0 Å². The van der Waals surface area contributed by atoms with Crippen LogP contribution in [0.15, 0.2) is 64.6 Å². The van der Waals surface area contributed by atoms with E-state index in [1.54, 1.807) is 18.2 Å². The van der Waals surface area contributed by atoms with E-state index in [2.05, 4.69) is 39.4 Å². The van der Waals surface area contributed by atoms with Gasteiger partial charge in [-0.2, -0.15) is 5.26 Å². The van der Waals surface area contributed by atoms with Crippen molar-refractivity contribution in [3.05, 3.63) is 97.5 Å². The molecule has 3 rings (SSSR count). The maximum Gasteiger partial charge on any atom is 0.266 e. The maximum absolute atomic E-state index is 12.7. The number of nitrogens with zero attached hydrogens (tertiary/aromatic N) is 1. The number of hydrogen-bond acceptors (Lipinski definition) is 3. The zero-order valence-corrected chi connectivity index (χ0v) is 20.3. The predicted molar refractivity (Wildman–Crippen MR) is 133 cm³/mol. The SMILES string of the molecule is Cc1cc(C)cc(COc2ccc(Br)cc2/C=C(\C#N)C(=O)Nc2ccc(C)c(Cl)c2)c1. The Kier molecular flexibility index (Phi) is 7.74. The van der Waals surface area contributed by atoms with Gasteiger partial charge in [0.05, 0.1) is 0 Å². The molecule has 0 saturated heterocycles. The van der Waals surface area contributed by atoms with Crippen molar-refractivity contribution in [1.29, 1.82) is 5.26 Å². The van der Waals surface area contributed by atoms with Gasteiger partial charge in [0, 0.05) is 20.7 Å². The van der Waals surface area contributed by atoms with Crippen LogP contribution in [0, 0.1) is 32.1 Å². The number of carbonyl (C=O) groups is 1. The van der Waals surface area contributed by atoms with E-state index in [9.17, 15) is 10.1 Å². The lowest BCUT2D eigenvalue weighted by atomic mass is 10.1. The van der Waals surface area contributed by atoms with Gasteiger partial charge in [0.2, 0.25) is 0 Å². The number of ether oxygens (including phenoxy) is 1. The van der Waals surface area contributed by atoms with E-state index in [1.165, 1.54) is 17.2 Å². The van der Waals surface area contributed by atoms with E-state index in [0.717, 1.165) is 15.6 Å². The average Bonchev–Trinajstić information content (AvgIpc) is 2.73. The second-order valence-electron chi connectivity index (χ2n) is 7.55. The van der Waals surface area contributed by atoms with Gasteiger partial charge in [-0.3, -0.25) is 4.79 Å². The Labute approximate surface area is 201 Å². The van der Waals surface area contributed by atoms with Crippen LogP contribution in [0.4, 0.5) is 5.69 Å². The molecular formula is C26H22BrClN2O2. The Hall–Kier alpha value is -3.07. The number of rotatable bonds is 6. The number of halogens is 2. The normalized spacial score (nSPS) is 11.1. The standard InChI is InChI=1S/C26H22BrClN2O2/c1-16-8-17(2)10-19(9-16)15-32-25-7-5-22(27)12-20(25)11-21(14-29)26(31)30-23-6-4-18(3)24(28)13-23/h4-13H,15H2,1-3H3,(H,30,31)/b21-11+. The predicted octanol–water partition coefficient (Wildman–Crippen LogP) is 7.15. The monoisotopic (exact) mass is 508 g/mol. The molecule has 3 aromatic rings. The third kappa shape index (κ3) is 6.23. The fraction of sp³-hybridized carbons (Fsp3) is 0.154. The van der Waals surface area contributed by atoms with Crippen LogP contribution in [-0.4, -0.2) is 5.91 Å². The van der Waals surface area contributed by atoms with Gasteiger partial charge in [-0.05, 0) is 68.3 Å². The minimum atomic E-state index is -0.521. The van der Waals surface area contributed by atoms with E-state index in [1.807, 2.05) is 45.0 Å². The third-order valence-corrected chi connectivity index (χ3v) is 5.64. The smallest absolute Gasteiger partial charge is 0.266 e. The van der Waals surface area contributed by atoms with Crippen LogP contribution in [0.1, 0.15) is 27.8 Å². The van der Waals surface area contributed by atoms with Crippen LogP contribution in [0.3, 0.4) is 0 Å². The lowest BCUT2D eigenvalue weighted by Gasteiger charge is -2.12. The number of anilines is 1. The number of hydrogen-bond donors (Lipinski definition) is 1. The first kappa shape index (κ1) is 23.6. The molecule has 0 bridgehead atoms. The second-order valence-corrected chi connectivity index (χ2v) is 8.88. The number of amides is 1. The van der Waals surface area contributed by atoms with Gasteiger partial charge in [-0.15, -0.1) is 0 Å². The molecule has 1 N–H and O–H groups in total. The largest absolute Gasteiger partial charge is 0.488 e. The highest BCUT2D eigenvalue weighted by Crippen LogP contribution is 2.27. The zero-order valence-electron chi connectivity index (χ0n) is 18.0. The van der Waals surface area contributed by atoms with Crippen molar-refractivity contribution in [1.82, 2.24) is 0 Å². The summed E-state index contributed by atoms with van der Waals surface area (Å²) in [6.07, 6.45) is 1.52. The number of nitriles is 1. The Balaban J connectivity index is 1.84. The second kappa shape index (κ2) is 10.5. The first-order valence-electron chi connectivity index (χ1n) is 9.94. The molecule has 0 heterocycles. The summed E-state index contributed by atoms with van der Waals surface area (Å²) in [7, 11) is 0. The summed E-state index contributed by atoms with van der Waals surface area (Å²) < 4.78 is 6.85. The highest BCUT2D eigenvalue weighted by atomic mass is 79.9. The zero-order chi connectivity index (χ0) is 23.3. The highest BCUT2D eigenvalue weighted by Gasteiger charge is 2.13. The minimum absolute atomic E-state index is 0.0453. The molecule has 32 heavy (non-hydrogen) atoms. The molecule has 4 nitrogen and oxygen atoms in total. The molecular weight excluding hydrogens is 488 g/mol. The summed E-state index contributed by atoms with van der Waals surface area (Å²) in [5, 5.41) is 12.9. The molecule has 0 aromatic heterocycles. The van der Waals surface area contributed by atoms with Crippen molar-refractivity contribution in [2.24, 2.45) is 0 Å². The topological polar surface area (TPSA) is 62.1 Å². The summed E-state index contributed by atoms with van der Waals surface area (Å²) in [4.78, 5) is 12.7. The molecule has 0 saturated carbocycles. The maximum atomic E-state index is 12.7. The van der Waals surface area contributed by atoms with Crippen LogP contribution in [0.2, 0.25) is 5.02 Å². The lowest BCUT2D eigenvalue weighted by Crippen LogP contribution is -2.13. The molecule has 6 heteroatoms. The summed E-state index contributed by atoms with van der Waals surface area (Å²) in [6, 6.07) is 18.9. The fourth-order valence-corrected chi connectivity index (χ4v) is 3.81. The van der Waals surface area contributed by atoms with Gasteiger partial charge in [0.25, 0.3) is 5.91 Å². The van der Waals surface area contributed by atoms with E-state index < -0.39 is 5.91 Å². The van der Waals surface area contributed by atoms with Crippen LogP contribution < -0.4 is 10.1 Å². The molecule has 0 aliphatic rings. The van der Waals surface area contributed by atoms with Crippen LogP contribution >= 0.6 is 27.5 Å². The van der Waals surface area contributed by atoms with E-state index in [-0.39, 0.29) is 5.57 Å². The Bertz CT molecular complexity index is 1220. The van der Waals surface area contributed by atoms with Crippen molar-refractivity contribution in [3.63, 3.8) is 0 Å². The van der Waals surface area contributed by atoms with Crippen LogP contribution in [-0.2, 0) is 11.4 Å².